The second kappa shape index (κ2) is 10.9. The van der Waals surface area contributed by atoms with Gasteiger partial charge >= 0.3 is 0 Å². The van der Waals surface area contributed by atoms with Crippen LogP contribution in [0.2, 0.25) is 10.0 Å². The lowest BCUT2D eigenvalue weighted by atomic mass is 10.0. The number of benzene rings is 2. The highest BCUT2D eigenvalue weighted by atomic mass is 35.5. The smallest absolute Gasteiger partial charge is 0.243 e. The van der Waals surface area contributed by atoms with Crippen LogP contribution in [0.25, 0.3) is 0 Å². The van der Waals surface area contributed by atoms with Gasteiger partial charge in [-0.15, -0.1) is 0 Å². The van der Waals surface area contributed by atoms with Crippen molar-refractivity contribution in [2.24, 2.45) is 0 Å². The minimum Gasteiger partial charge on any atom is -0.350 e. The third kappa shape index (κ3) is 6.38. The molecule has 1 atom stereocenters. The van der Waals surface area contributed by atoms with Gasteiger partial charge in [0.2, 0.25) is 15.9 Å². The number of nitrogens with zero attached hydrogens (tertiary/aromatic N) is 2. The summed E-state index contributed by atoms with van der Waals surface area (Å²) in [6, 6.07) is 11.6. The van der Waals surface area contributed by atoms with Crippen molar-refractivity contribution in [1.82, 2.24) is 10.2 Å². The van der Waals surface area contributed by atoms with Gasteiger partial charge in [0.1, 0.15) is 6.04 Å². The first-order valence-electron chi connectivity index (χ1n) is 10.7. The van der Waals surface area contributed by atoms with Gasteiger partial charge in [-0.3, -0.25) is 14.0 Å². The van der Waals surface area contributed by atoms with Crippen molar-refractivity contribution < 1.29 is 13.2 Å². The monoisotopic (exact) mass is 497 g/mol. The van der Waals surface area contributed by atoms with E-state index in [1.54, 1.807) is 6.92 Å². The number of likely N-dealkylation sites (tertiary alicyclic amines) is 1. The zero-order valence-electron chi connectivity index (χ0n) is 18.4. The fourth-order valence-corrected chi connectivity index (χ4v) is 5.46. The number of halogens is 2. The van der Waals surface area contributed by atoms with Crippen LogP contribution in [-0.4, -0.2) is 44.6 Å². The summed E-state index contributed by atoms with van der Waals surface area (Å²) in [5.41, 5.74) is 2.49. The molecule has 0 bridgehead atoms. The van der Waals surface area contributed by atoms with E-state index in [1.165, 1.54) is 43.0 Å². The molecule has 3 rings (SSSR count). The summed E-state index contributed by atoms with van der Waals surface area (Å²) in [6.07, 6.45) is 4.77. The van der Waals surface area contributed by atoms with Gasteiger partial charge in [0.25, 0.3) is 0 Å². The van der Waals surface area contributed by atoms with Crippen molar-refractivity contribution in [1.29, 1.82) is 0 Å². The predicted molar refractivity (Wildman–Crippen MR) is 131 cm³/mol. The molecule has 1 N–H and O–H groups in total. The van der Waals surface area contributed by atoms with E-state index in [4.69, 9.17) is 23.2 Å². The zero-order chi connectivity index (χ0) is 23.3. The summed E-state index contributed by atoms with van der Waals surface area (Å²) in [6.45, 7) is 4.90. The minimum atomic E-state index is -3.74. The SMILES string of the molecule is CC(C(=O)NCc1ccccc1CN1CCCCC1)N(c1ccc(Cl)c(Cl)c1)S(C)(=O)=O. The molecule has 0 aliphatic carbocycles. The van der Waals surface area contributed by atoms with Gasteiger partial charge in [-0.2, -0.15) is 0 Å². The molecular formula is C23H29Cl2N3O3S. The summed E-state index contributed by atoms with van der Waals surface area (Å²) in [4.78, 5) is 15.4. The van der Waals surface area contributed by atoms with Gasteiger partial charge < -0.3 is 5.32 Å². The maximum atomic E-state index is 12.9. The number of carbonyl (C=O) groups excluding carboxylic acids is 1. The first kappa shape index (κ1) is 24.8. The molecule has 0 aromatic heterocycles. The third-order valence-corrected chi connectivity index (χ3v) is 7.64. The molecule has 1 amide bonds. The van der Waals surface area contributed by atoms with Crippen LogP contribution in [0.5, 0.6) is 0 Å². The Kier molecular flexibility index (Phi) is 8.44. The van der Waals surface area contributed by atoms with E-state index < -0.39 is 22.0 Å². The molecule has 1 saturated heterocycles. The summed E-state index contributed by atoms with van der Waals surface area (Å²) < 4.78 is 26.0. The predicted octanol–water partition coefficient (Wildman–Crippen LogP) is 4.45. The molecule has 2 aromatic carbocycles. The lowest BCUT2D eigenvalue weighted by Gasteiger charge is -2.29. The molecule has 1 aliphatic rings. The van der Waals surface area contributed by atoms with Crippen molar-refractivity contribution in [2.45, 2.75) is 45.3 Å². The molecular weight excluding hydrogens is 469 g/mol. The van der Waals surface area contributed by atoms with Crippen LogP contribution < -0.4 is 9.62 Å². The quantitative estimate of drug-likeness (QED) is 0.584. The normalized spacial score (nSPS) is 15.9. The van der Waals surface area contributed by atoms with Crippen LogP contribution in [0.4, 0.5) is 5.69 Å². The molecule has 1 heterocycles. The molecule has 1 aliphatic heterocycles. The summed E-state index contributed by atoms with van der Waals surface area (Å²) >= 11 is 12.0. The average molecular weight is 498 g/mol. The van der Waals surface area contributed by atoms with Gasteiger partial charge in [0, 0.05) is 13.1 Å². The highest BCUT2D eigenvalue weighted by Crippen LogP contribution is 2.29. The maximum absolute atomic E-state index is 12.9. The molecule has 0 saturated carbocycles. The number of sulfonamides is 1. The minimum absolute atomic E-state index is 0.220. The number of carbonyl (C=O) groups is 1. The lowest BCUT2D eigenvalue weighted by molar-refractivity contribution is -0.122. The van der Waals surface area contributed by atoms with E-state index in [0.29, 0.717) is 11.6 Å². The number of piperidine rings is 1. The number of hydrogen-bond donors (Lipinski definition) is 1. The average Bonchev–Trinajstić information content (AvgIpc) is 2.75. The van der Waals surface area contributed by atoms with Gasteiger partial charge in [0.15, 0.2) is 0 Å². The van der Waals surface area contributed by atoms with Crippen molar-refractivity contribution in [3.05, 3.63) is 63.6 Å². The second-order valence-electron chi connectivity index (χ2n) is 8.16. The van der Waals surface area contributed by atoms with Crippen LogP contribution in [0.15, 0.2) is 42.5 Å². The molecule has 174 valence electrons. The van der Waals surface area contributed by atoms with Crippen molar-refractivity contribution in [2.75, 3.05) is 23.7 Å². The van der Waals surface area contributed by atoms with E-state index in [0.717, 1.165) is 35.8 Å². The Hall–Kier alpha value is -1.80. The Balaban J connectivity index is 1.72. The summed E-state index contributed by atoms with van der Waals surface area (Å²) in [5, 5.41) is 3.43. The molecule has 9 heteroatoms. The topological polar surface area (TPSA) is 69.7 Å². The first-order chi connectivity index (χ1) is 15.2. The Morgan fingerprint density at radius 2 is 1.72 bits per heavy atom. The number of rotatable bonds is 8. The molecule has 1 fully saturated rings. The summed E-state index contributed by atoms with van der Waals surface area (Å²) in [5.74, 6) is -0.394. The Morgan fingerprint density at radius 1 is 1.06 bits per heavy atom. The fourth-order valence-electron chi connectivity index (χ4n) is 4.00. The van der Waals surface area contributed by atoms with E-state index in [2.05, 4.69) is 16.3 Å². The first-order valence-corrected chi connectivity index (χ1v) is 13.3. The molecule has 1 unspecified atom stereocenters. The number of nitrogens with one attached hydrogen (secondary N) is 1. The van der Waals surface area contributed by atoms with E-state index in [-0.39, 0.29) is 10.7 Å². The van der Waals surface area contributed by atoms with Crippen LogP contribution in [0.3, 0.4) is 0 Å². The van der Waals surface area contributed by atoms with Gasteiger partial charge in [0.05, 0.1) is 22.0 Å². The third-order valence-electron chi connectivity index (χ3n) is 5.66. The molecule has 0 spiro atoms. The van der Waals surface area contributed by atoms with Crippen LogP contribution in [-0.2, 0) is 27.9 Å². The fraction of sp³-hybridized carbons (Fsp3) is 0.435. The van der Waals surface area contributed by atoms with Crippen molar-refractivity contribution >= 4 is 44.8 Å². The number of anilines is 1. The Morgan fingerprint density at radius 3 is 2.34 bits per heavy atom. The Bertz CT molecular complexity index is 1060. The molecule has 32 heavy (non-hydrogen) atoms. The van der Waals surface area contributed by atoms with E-state index in [9.17, 15) is 13.2 Å². The van der Waals surface area contributed by atoms with Gasteiger partial charge in [-0.05, 0) is 62.2 Å². The van der Waals surface area contributed by atoms with Gasteiger partial charge in [-0.1, -0.05) is 53.9 Å². The standard InChI is InChI=1S/C23H29Cl2N3O3S/c1-17(28(32(2,30)31)20-10-11-21(24)22(25)14-20)23(29)26-15-18-8-4-5-9-19(18)16-27-12-6-3-7-13-27/h4-5,8-11,14,17H,3,6-7,12-13,15-16H2,1-2H3,(H,26,29). The van der Waals surface area contributed by atoms with Crippen molar-refractivity contribution in [3.8, 4) is 0 Å². The molecule has 2 aromatic rings. The Labute approximate surface area is 200 Å². The second-order valence-corrected chi connectivity index (χ2v) is 10.8. The zero-order valence-corrected chi connectivity index (χ0v) is 20.7. The van der Waals surface area contributed by atoms with E-state index >= 15 is 0 Å². The largest absolute Gasteiger partial charge is 0.350 e. The highest BCUT2D eigenvalue weighted by Gasteiger charge is 2.29. The van der Waals surface area contributed by atoms with Crippen LogP contribution in [0, 0.1) is 0 Å². The highest BCUT2D eigenvalue weighted by molar-refractivity contribution is 7.92. The van der Waals surface area contributed by atoms with Gasteiger partial charge in [-0.25, -0.2) is 8.42 Å². The number of hydrogen-bond acceptors (Lipinski definition) is 4. The number of amides is 1. The summed E-state index contributed by atoms with van der Waals surface area (Å²) in [7, 11) is -3.74. The van der Waals surface area contributed by atoms with Crippen LogP contribution >= 0.6 is 23.2 Å². The molecule has 6 nitrogen and oxygen atoms in total. The van der Waals surface area contributed by atoms with E-state index in [1.807, 2.05) is 18.2 Å². The lowest BCUT2D eigenvalue weighted by Crippen LogP contribution is -2.47. The maximum Gasteiger partial charge on any atom is 0.243 e. The van der Waals surface area contributed by atoms with Crippen LogP contribution in [0.1, 0.15) is 37.3 Å². The molecule has 0 radical (unpaired) electrons. The van der Waals surface area contributed by atoms with Crippen molar-refractivity contribution in [3.63, 3.8) is 0 Å².